The van der Waals surface area contributed by atoms with E-state index in [1.54, 1.807) is 0 Å². The van der Waals surface area contributed by atoms with Gasteiger partial charge in [0.15, 0.2) is 0 Å². The first kappa shape index (κ1) is 8.12. The molecular weight excluding hydrogens is 156 g/mol. The Labute approximate surface area is 52.0 Å². The lowest BCUT2D eigenvalue weighted by Gasteiger charge is -1.95. The van der Waals surface area contributed by atoms with Crippen molar-refractivity contribution in [2.45, 2.75) is 0 Å². The maximum absolute atomic E-state index is 10.1. The highest BCUT2D eigenvalue weighted by Crippen LogP contribution is 1.85. The molecule has 0 spiro atoms. The molecule has 0 bridgehead atoms. The van der Waals surface area contributed by atoms with Gasteiger partial charge in [-0.2, -0.15) is 8.42 Å². The van der Waals surface area contributed by atoms with Crippen LogP contribution in [0.4, 0.5) is 0 Å². The molecular formula is CH5ClN2O3S. The van der Waals surface area contributed by atoms with Crippen molar-refractivity contribution >= 4 is 21.9 Å². The van der Waals surface area contributed by atoms with Crippen molar-refractivity contribution in [2.24, 2.45) is 5.84 Å². The Balaban J connectivity index is 3.76. The predicted octanol–water partition coefficient (Wildman–Crippen LogP) is -1.09. The maximum Gasteiger partial charge on any atom is 0.349 e. The topological polar surface area (TPSA) is 81.4 Å². The largest absolute Gasteiger partial charge is 0.349 e. The number of halogens is 1. The smallest absolute Gasteiger partial charge is 0.256 e. The number of hydrazine groups is 1. The molecule has 0 saturated heterocycles. The predicted molar refractivity (Wildman–Crippen MR) is 28.0 cm³/mol. The highest BCUT2D eigenvalue weighted by atomic mass is 35.5. The summed E-state index contributed by atoms with van der Waals surface area (Å²) in [6, 6.07) is -0.438. The molecule has 0 aliphatic heterocycles. The van der Waals surface area contributed by atoms with Crippen LogP contribution < -0.4 is 10.7 Å². The molecule has 7 heteroatoms. The first-order valence-electron chi connectivity index (χ1n) is 1.55. The Morgan fingerprint density at radius 3 is 2.38 bits per heavy atom. The molecule has 50 valence electrons. The molecule has 3 N–H and O–H groups in total. The monoisotopic (exact) mass is 160 g/mol. The van der Waals surface area contributed by atoms with Gasteiger partial charge < -0.3 is 0 Å². The summed E-state index contributed by atoms with van der Waals surface area (Å²) < 4.78 is 24.0. The second kappa shape index (κ2) is 3.21. The van der Waals surface area contributed by atoms with Crippen molar-refractivity contribution in [3.8, 4) is 0 Å². The van der Waals surface area contributed by atoms with E-state index >= 15 is 0 Å². The van der Waals surface area contributed by atoms with Gasteiger partial charge in [-0.1, -0.05) is 11.6 Å². The summed E-state index contributed by atoms with van der Waals surface area (Å²) in [5, 5.41) is 0. The fourth-order valence-electron chi connectivity index (χ4n) is 0.0927. The van der Waals surface area contributed by atoms with Crippen LogP contribution in [0.2, 0.25) is 0 Å². The fourth-order valence-corrected chi connectivity index (χ4v) is 0.630. The molecule has 0 atom stereocenters. The summed E-state index contributed by atoms with van der Waals surface area (Å²) in [7, 11) is -3.77. The first-order chi connectivity index (χ1) is 3.62. The molecule has 0 rings (SSSR count). The van der Waals surface area contributed by atoms with Crippen molar-refractivity contribution in [2.75, 3.05) is 6.07 Å². The SMILES string of the molecule is NNS(=O)(=O)OCCl. The third-order valence-electron chi connectivity index (χ3n) is 0.344. The van der Waals surface area contributed by atoms with Crippen LogP contribution in [0.15, 0.2) is 0 Å². The standard InChI is InChI=1S/CH5ClN2O3S/c2-1-7-8(5,6)4-3/h4H,1,3H2. The molecule has 5 nitrogen and oxygen atoms in total. The summed E-state index contributed by atoms with van der Waals surface area (Å²) in [6.07, 6.45) is 0. The van der Waals surface area contributed by atoms with E-state index in [1.165, 1.54) is 4.83 Å². The summed E-state index contributed by atoms with van der Waals surface area (Å²) in [4.78, 5) is 1.41. The third-order valence-corrected chi connectivity index (χ3v) is 1.30. The van der Waals surface area contributed by atoms with E-state index in [9.17, 15) is 8.42 Å². The van der Waals surface area contributed by atoms with Crippen LogP contribution >= 0.6 is 11.6 Å². The van der Waals surface area contributed by atoms with Crippen LogP contribution in [0.3, 0.4) is 0 Å². The summed E-state index contributed by atoms with van der Waals surface area (Å²) >= 11 is 4.87. The molecule has 0 aromatic carbocycles. The number of hydrogen-bond donors (Lipinski definition) is 2. The summed E-state index contributed by atoms with van der Waals surface area (Å²) in [5.74, 6) is 4.47. The van der Waals surface area contributed by atoms with Crippen molar-refractivity contribution in [1.82, 2.24) is 4.83 Å². The first-order valence-corrected chi connectivity index (χ1v) is 3.49. The highest BCUT2D eigenvalue weighted by molar-refractivity contribution is 7.84. The van der Waals surface area contributed by atoms with Gasteiger partial charge >= 0.3 is 10.3 Å². The van der Waals surface area contributed by atoms with E-state index in [0.717, 1.165) is 0 Å². The lowest BCUT2D eigenvalue weighted by molar-refractivity contribution is 0.368. The average Bonchev–Trinajstić information content (AvgIpc) is 1.67. The Morgan fingerprint density at radius 2 is 2.25 bits per heavy atom. The van der Waals surface area contributed by atoms with E-state index in [2.05, 4.69) is 10.0 Å². The lowest BCUT2D eigenvalue weighted by atomic mass is 11.7. The quantitative estimate of drug-likeness (QED) is 0.312. The number of nitrogens with two attached hydrogens (primary N) is 1. The van der Waals surface area contributed by atoms with Crippen LogP contribution in [0, 0.1) is 0 Å². The number of nitrogens with one attached hydrogen (secondary N) is 1. The minimum atomic E-state index is -3.77. The zero-order valence-corrected chi connectivity index (χ0v) is 5.37. The minimum absolute atomic E-state index is 0.438. The molecule has 0 heterocycles. The Bertz CT molecular complexity index is 141. The lowest BCUT2D eigenvalue weighted by Crippen LogP contribution is -2.31. The van der Waals surface area contributed by atoms with Crippen molar-refractivity contribution in [1.29, 1.82) is 0 Å². The molecule has 0 aliphatic carbocycles. The van der Waals surface area contributed by atoms with Gasteiger partial charge in [0.2, 0.25) is 0 Å². The highest BCUT2D eigenvalue weighted by Gasteiger charge is 2.03. The zero-order chi connectivity index (χ0) is 6.62. The maximum atomic E-state index is 10.1. The van der Waals surface area contributed by atoms with Crippen molar-refractivity contribution < 1.29 is 12.6 Å². The fraction of sp³-hybridized carbons (Fsp3) is 1.00. The van der Waals surface area contributed by atoms with Crippen LogP contribution in [-0.4, -0.2) is 14.5 Å². The molecule has 0 saturated carbocycles. The number of alkyl halides is 1. The van der Waals surface area contributed by atoms with Crippen molar-refractivity contribution in [3.63, 3.8) is 0 Å². The molecule has 0 radical (unpaired) electrons. The molecule has 0 aromatic rings. The number of rotatable bonds is 3. The Kier molecular flexibility index (Phi) is 3.25. The van der Waals surface area contributed by atoms with E-state index in [1.807, 2.05) is 0 Å². The molecule has 0 aliphatic rings. The van der Waals surface area contributed by atoms with Crippen LogP contribution in [0.25, 0.3) is 0 Å². The molecule has 0 amide bonds. The van der Waals surface area contributed by atoms with Crippen molar-refractivity contribution in [3.05, 3.63) is 0 Å². The Hall–Kier alpha value is 0.120. The second-order valence-corrected chi connectivity index (χ2v) is 2.40. The number of hydrogen-bond acceptors (Lipinski definition) is 4. The molecule has 0 aromatic heterocycles. The van der Waals surface area contributed by atoms with Gasteiger partial charge in [-0.05, 0) is 0 Å². The van der Waals surface area contributed by atoms with E-state index < -0.39 is 16.4 Å². The van der Waals surface area contributed by atoms with Gasteiger partial charge in [-0.3, -0.25) is 5.84 Å². The molecule has 0 unspecified atom stereocenters. The van der Waals surface area contributed by atoms with Gasteiger partial charge in [-0.25, -0.2) is 4.18 Å². The van der Waals surface area contributed by atoms with Gasteiger partial charge in [0, 0.05) is 0 Å². The van der Waals surface area contributed by atoms with E-state index in [-0.39, 0.29) is 0 Å². The van der Waals surface area contributed by atoms with Gasteiger partial charge in [-0.15, -0.1) is 4.83 Å². The molecule has 8 heavy (non-hydrogen) atoms. The van der Waals surface area contributed by atoms with E-state index in [4.69, 9.17) is 11.6 Å². The van der Waals surface area contributed by atoms with Gasteiger partial charge in [0.1, 0.15) is 6.07 Å². The van der Waals surface area contributed by atoms with Gasteiger partial charge in [0.25, 0.3) is 0 Å². The van der Waals surface area contributed by atoms with Crippen LogP contribution in [-0.2, 0) is 14.5 Å². The Morgan fingerprint density at radius 1 is 1.75 bits per heavy atom. The van der Waals surface area contributed by atoms with Gasteiger partial charge in [0.05, 0.1) is 0 Å². The van der Waals surface area contributed by atoms with Crippen LogP contribution in [0.1, 0.15) is 0 Å². The summed E-state index contributed by atoms with van der Waals surface area (Å²) in [5.41, 5.74) is 0. The third kappa shape index (κ3) is 3.16. The second-order valence-electron chi connectivity index (χ2n) is 0.799. The molecule has 0 fully saturated rings. The normalized spacial score (nSPS) is 11.8. The van der Waals surface area contributed by atoms with Crippen LogP contribution in [0.5, 0.6) is 0 Å². The minimum Gasteiger partial charge on any atom is -0.256 e. The zero-order valence-electron chi connectivity index (χ0n) is 3.80. The summed E-state index contributed by atoms with van der Waals surface area (Å²) in [6.45, 7) is 0. The average molecular weight is 161 g/mol. The van der Waals surface area contributed by atoms with E-state index in [0.29, 0.717) is 0 Å².